The minimum absolute atomic E-state index is 0.0688. The summed E-state index contributed by atoms with van der Waals surface area (Å²) < 4.78 is 0. The number of carboxylic acids is 2. The standard InChI is InChI=1S/C9H14N2O5/c1-4-2-5(4)10-9(16)11-6(8(14)15)3-7(12)13/h4-6H,2-3H2,1H3,(H,12,13)(H,14,15)(H2,10,11,16). The first kappa shape index (κ1) is 12.3. The lowest BCUT2D eigenvalue weighted by molar-refractivity contribution is -0.145. The number of hydrogen-bond acceptors (Lipinski definition) is 3. The molecule has 0 radical (unpaired) electrons. The molecule has 4 N–H and O–H groups in total. The predicted octanol–water partition coefficient (Wildman–Crippen LogP) is -0.378. The van der Waals surface area contributed by atoms with Crippen molar-refractivity contribution in [3.05, 3.63) is 0 Å². The summed E-state index contributed by atoms with van der Waals surface area (Å²) in [4.78, 5) is 32.2. The minimum Gasteiger partial charge on any atom is -0.481 e. The fraction of sp³-hybridized carbons (Fsp3) is 0.667. The highest BCUT2D eigenvalue weighted by Crippen LogP contribution is 2.28. The maximum Gasteiger partial charge on any atom is 0.326 e. The van der Waals surface area contributed by atoms with Crippen molar-refractivity contribution in [1.82, 2.24) is 10.6 Å². The van der Waals surface area contributed by atoms with Crippen molar-refractivity contribution < 1.29 is 24.6 Å². The van der Waals surface area contributed by atoms with E-state index in [0.717, 1.165) is 6.42 Å². The highest BCUT2D eigenvalue weighted by Gasteiger charge is 2.34. The van der Waals surface area contributed by atoms with E-state index in [1.54, 1.807) is 0 Å². The van der Waals surface area contributed by atoms with E-state index in [-0.39, 0.29) is 6.04 Å². The molecular weight excluding hydrogens is 216 g/mol. The van der Waals surface area contributed by atoms with Crippen molar-refractivity contribution in [3.8, 4) is 0 Å². The van der Waals surface area contributed by atoms with Crippen LogP contribution in [0.15, 0.2) is 0 Å². The molecule has 7 nitrogen and oxygen atoms in total. The van der Waals surface area contributed by atoms with Crippen LogP contribution in [0.1, 0.15) is 19.8 Å². The largest absolute Gasteiger partial charge is 0.481 e. The third-order valence-electron chi connectivity index (χ3n) is 2.41. The van der Waals surface area contributed by atoms with Crippen LogP contribution in [0.3, 0.4) is 0 Å². The zero-order valence-electron chi connectivity index (χ0n) is 8.77. The van der Waals surface area contributed by atoms with Gasteiger partial charge in [-0.1, -0.05) is 6.92 Å². The molecule has 0 aromatic heterocycles. The molecule has 3 atom stereocenters. The van der Waals surface area contributed by atoms with Gasteiger partial charge in [-0.2, -0.15) is 0 Å². The molecule has 90 valence electrons. The number of carbonyl (C=O) groups excluding carboxylic acids is 1. The zero-order chi connectivity index (χ0) is 12.3. The van der Waals surface area contributed by atoms with Crippen molar-refractivity contribution in [2.45, 2.75) is 31.8 Å². The van der Waals surface area contributed by atoms with Crippen LogP contribution in [-0.2, 0) is 9.59 Å². The Kier molecular flexibility index (Phi) is 3.70. The lowest BCUT2D eigenvalue weighted by Crippen LogP contribution is -2.47. The first-order valence-corrected chi connectivity index (χ1v) is 4.91. The molecule has 1 fully saturated rings. The van der Waals surface area contributed by atoms with Crippen LogP contribution in [-0.4, -0.2) is 40.3 Å². The minimum atomic E-state index is -1.40. The van der Waals surface area contributed by atoms with Crippen LogP contribution in [0.4, 0.5) is 4.79 Å². The van der Waals surface area contributed by atoms with Gasteiger partial charge in [-0.3, -0.25) is 4.79 Å². The number of nitrogens with one attached hydrogen (secondary N) is 2. The van der Waals surface area contributed by atoms with Gasteiger partial charge < -0.3 is 20.8 Å². The van der Waals surface area contributed by atoms with Gasteiger partial charge in [0.25, 0.3) is 0 Å². The topological polar surface area (TPSA) is 116 Å². The predicted molar refractivity (Wildman–Crippen MR) is 52.9 cm³/mol. The fourth-order valence-corrected chi connectivity index (χ4v) is 1.27. The smallest absolute Gasteiger partial charge is 0.326 e. The number of hydrogen-bond donors (Lipinski definition) is 4. The number of carbonyl (C=O) groups is 3. The fourth-order valence-electron chi connectivity index (χ4n) is 1.27. The molecule has 0 aliphatic heterocycles. The highest BCUT2D eigenvalue weighted by atomic mass is 16.4. The molecule has 0 spiro atoms. The Hall–Kier alpha value is -1.79. The summed E-state index contributed by atoms with van der Waals surface area (Å²) in [5, 5.41) is 21.8. The maximum absolute atomic E-state index is 11.3. The van der Waals surface area contributed by atoms with Crippen LogP contribution in [0, 0.1) is 5.92 Å². The van der Waals surface area contributed by atoms with Crippen LogP contribution in [0.2, 0.25) is 0 Å². The van der Waals surface area contributed by atoms with E-state index < -0.39 is 30.4 Å². The summed E-state index contributed by atoms with van der Waals surface area (Å²) in [6.45, 7) is 1.96. The van der Waals surface area contributed by atoms with Crippen molar-refractivity contribution in [1.29, 1.82) is 0 Å². The van der Waals surface area contributed by atoms with Gasteiger partial charge in [0.15, 0.2) is 0 Å². The number of urea groups is 1. The van der Waals surface area contributed by atoms with Gasteiger partial charge in [-0.15, -0.1) is 0 Å². The lowest BCUT2D eigenvalue weighted by atomic mass is 10.2. The third-order valence-corrected chi connectivity index (χ3v) is 2.41. The van der Waals surface area contributed by atoms with Gasteiger partial charge in [0.1, 0.15) is 6.04 Å². The zero-order valence-corrected chi connectivity index (χ0v) is 8.77. The molecular formula is C9H14N2O5. The van der Waals surface area contributed by atoms with Crippen molar-refractivity contribution in [3.63, 3.8) is 0 Å². The molecule has 1 saturated carbocycles. The number of aliphatic carboxylic acids is 2. The third kappa shape index (κ3) is 3.76. The van der Waals surface area contributed by atoms with Gasteiger partial charge in [0.05, 0.1) is 6.42 Å². The van der Waals surface area contributed by atoms with E-state index in [2.05, 4.69) is 10.6 Å². The van der Waals surface area contributed by atoms with Gasteiger partial charge in [0, 0.05) is 6.04 Å². The summed E-state index contributed by atoms with van der Waals surface area (Å²) in [6, 6.07) is -1.96. The van der Waals surface area contributed by atoms with Crippen molar-refractivity contribution in [2.75, 3.05) is 0 Å². The Balaban J connectivity index is 2.38. The van der Waals surface area contributed by atoms with Crippen LogP contribution < -0.4 is 10.6 Å². The summed E-state index contributed by atoms with van der Waals surface area (Å²) in [7, 11) is 0. The van der Waals surface area contributed by atoms with Crippen LogP contribution in [0.5, 0.6) is 0 Å². The molecule has 16 heavy (non-hydrogen) atoms. The average Bonchev–Trinajstić information content (AvgIpc) is 2.79. The Morgan fingerprint density at radius 3 is 2.31 bits per heavy atom. The number of carboxylic acid groups (broad SMARTS) is 2. The summed E-state index contributed by atoms with van der Waals surface area (Å²) in [5.41, 5.74) is 0. The van der Waals surface area contributed by atoms with E-state index in [4.69, 9.17) is 10.2 Å². The molecule has 1 aliphatic carbocycles. The Morgan fingerprint density at radius 1 is 1.38 bits per heavy atom. The van der Waals surface area contributed by atoms with Crippen molar-refractivity contribution >= 4 is 18.0 Å². The molecule has 1 rings (SSSR count). The van der Waals surface area contributed by atoms with E-state index in [9.17, 15) is 14.4 Å². The van der Waals surface area contributed by atoms with Crippen LogP contribution in [0.25, 0.3) is 0 Å². The molecule has 3 unspecified atom stereocenters. The molecule has 1 aliphatic rings. The maximum atomic E-state index is 11.3. The number of rotatable bonds is 5. The van der Waals surface area contributed by atoms with E-state index >= 15 is 0 Å². The molecule has 0 heterocycles. The Bertz CT molecular complexity index is 317. The van der Waals surface area contributed by atoms with Gasteiger partial charge in [-0.25, -0.2) is 9.59 Å². The second-order valence-electron chi connectivity index (χ2n) is 3.93. The second-order valence-corrected chi connectivity index (χ2v) is 3.93. The molecule has 0 aromatic rings. The molecule has 7 heteroatoms. The first-order chi connectivity index (χ1) is 7.40. The molecule has 0 aromatic carbocycles. The SMILES string of the molecule is CC1CC1NC(=O)NC(CC(=O)O)C(=O)O. The van der Waals surface area contributed by atoms with Crippen molar-refractivity contribution in [2.24, 2.45) is 5.92 Å². The first-order valence-electron chi connectivity index (χ1n) is 4.91. The molecule has 0 bridgehead atoms. The quantitative estimate of drug-likeness (QED) is 0.514. The molecule has 0 saturated heterocycles. The van der Waals surface area contributed by atoms with Gasteiger partial charge in [0.2, 0.25) is 0 Å². The van der Waals surface area contributed by atoms with Gasteiger partial charge in [-0.05, 0) is 12.3 Å². The highest BCUT2D eigenvalue weighted by molar-refractivity contribution is 5.86. The second kappa shape index (κ2) is 4.82. The van der Waals surface area contributed by atoms with E-state index in [1.807, 2.05) is 6.92 Å². The Morgan fingerprint density at radius 2 is 1.94 bits per heavy atom. The monoisotopic (exact) mass is 230 g/mol. The number of amides is 2. The van der Waals surface area contributed by atoms with Gasteiger partial charge >= 0.3 is 18.0 Å². The summed E-state index contributed by atoms with van der Waals surface area (Å²) in [6.07, 6.45) is 0.229. The molecule has 2 amide bonds. The van der Waals surface area contributed by atoms with Crippen LogP contribution >= 0.6 is 0 Å². The average molecular weight is 230 g/mol. The Labute approximate surface area is 91.8 Å². The summed E-state index contributed by atoms with van der Waals surface area (Å²) in [5.74, 6) is -2.23. The van der Waals surface area contributed by atoms with E-state index in [0.29, 0.717) is 5.92 Å². The summed E-state index contributed by atoms with van der Waals surface area (Å²) >= 11 is 0. The van der Waals surface area contributed by atoms with E-state index in [1.165, 1.54) is 0 Å². The lowest BCUT2D eigenvalue weighted by Gasteiger charge is -2.12. The normalized spacial score (nSPS) is 24.3.